The largest absolute Gasteiger partial charge is 0.484 e. The van der Waals surface area contributed by atoms with Gasteiger partial charge in [0.15, 0.2) is 0 Å². The number of aryl methyl sites for hydroxylation is 1. The van der Waals surface area contributed by atoms with E-state index in [1.165, 1.54) is 29.3 Å². The molecule has 3 rings (SSSR count). The topological polar surface area (TPSA) is 33.0 Å². The van der Waals surface area contributed by atoms with Crippen LogP contribution in [0.25, 0.3) is 0 Å². The van der Waals surface area contributed by atoms with Gasteiger partial charge in [0.05, 0.1) is 5.56 Å². The third kappa shape index (κ3) is 2.37. The van der Waals surface area contributed by atoms with Crippen molar-refractivity contribution < 1.29 is 9.13 Å². The first-order chi connectivity index (χ1) is 9.78. The highest BCUT2D eigenvalue weighted by Gasteiger charge is 2.22. The van der Waals surface area contributed by atoms with E-state index in [1.807, 2.05) is 18.2 Å². The molecule has 2 aromatic carbocycles. The van der Waals surface area contributed by atoms with E-state index in [2.05, 4.69) is 12.1 Å². The molecule has 100 valence electrons. The van der Waals surface area contributed by atoms with E-state index >= 15 is 0 Å². The Kier molecular flexibility index (Phi) is 3.39. The van der Waals surface area contributed by atoms with Gasteiger partial charge in [-0.1, -0.05) is 24.3 Å². The van der Waals surface area contributed by atoms with E-state index in [4.69, 9.17) is 10.00 Å². The summed E-state index contributed by atoms with van der Waals surface area (Å²) in [6.07, 6.45) is 2.98. The smallest absolute Gasteiger partial charge is 0.138 e. The van der Waals surface area contributed by atoms with Crippen LogP contribution < -0.4 is 4.74 Å². The minimum atomic E-state index is -0.419. The molecule has 0 bridgehead atoms. The second-order valence-corrected chi connectivity index (χ2v) is 4.95. The molecule has 0 fully saturated rings. The monoisotopic (exact) mass is 267 g/mol. The minimum absolute atomic E-state index is 0.0579. The van der Waals surface area contributed by atoms with Crippen LogP contribution in [0.15, 0.2) is 42.5 Å². The summed E-state index contributed by atoms with van der Waals surface area (Å²) in [7, 11) is 0. The predicted octanol–water partition coefficient (Wildman–Crippen LogP) is 4.15. The van der Waals surface area contributed by atoms with E-state index in [0.29, 0.717) is 5.75 Å². The predicted molar refractivity (Wildman–Crippen MR) is 73.9 cm³/mol. The van der Waals surface area contributed by atoms with Crippen LogP contribution in [0.4, 0.5) is 4.39 Å². The van der Waals surface area contributed by atoms with Gasteiger partial charge in [0, 0.05) is 0 Å². The van der Waals surface area contributed by atoms with Crippen molar-refractivity contribution in [2.24, 2.45) is 0 Å². The van der Waals surface area contributed by atoms with Crippen LogP contribution in [-0.2, 0) is 6.42 Å². The fourth-order valence-electron chi connectivity index (χ4n) is 2.68. The molecule has 2 nitrogen and oxygen atoms in total. The highest BCUT2D eigenvalue weighted by Crippen LogP contribution is 2.34. The first-order valence-electron chi connectivity index (χ1n) is 6.72. The molecule has 3 heteroatoms. The van der Waals surface area contributed by atoms with Crippen LogP contribution in [0.3, 0.4) is 0 Å². The maximum absolute atomic E-state index is 13.1. The normalized spacial score (nSPS) is 17.1. The molecule has 0 aromatic heterocycles. The molecular formula is C17H14FNO. The number of fused-ring (bicyclic) bond motifs is 1. The Balaban J connectivity index is 1.92. The van der Waals surface area contributed by atoms with E-state index in [9.17, 15) is 4.39 Å². The van der Waals surface area contributed by atoms with E-state index in [0.717, 1.165) is 19.3 Å². The second-order valence-electron chi connectivity index (χ2n) is 4.95. The molecule has 0 radical (unpaired) electrons. The van der Waals surface area contributed by atoms with Gasteiger partial charge in [0.1, 0.15) is 23.7 Å². The Labute approximate surface area is 117 Å². The first-order valence-corrected chi connectivity index (χ1v) is 6.72. The first kappa shape index (κ1) is 12.7. The molecule has 1 aliphatic rings. The van der Waals surface area contributed by atoms with Gasteiger partial charge in [-0.15, -0.1) is 0 Å². The molecule has 0 saturated heterocycles. The standard InChI is InChI=1S/C17H14FNO/c18-14-8-9-16(13(10-14)11-19)20-17-7-3-5-12-4-1-2-6-15(12)17/h1-2,4,6,8-10,17H,3,5,7H2. The molecule has 0 aliphatic heterocycles. The molecule has 20 heavy (non-hydrogen) atoms. The van der Waals surface area contributed by atoms with E-state index < -0.39 is 5.82 Å². The number of nitriles is 1. The Morgan fingerprint density at radius 3 is 2.90 bits per heavy atom. The van der Waals surface area contributed by atoms with Crippen molar-refractivity contribution in [1.82, 2.24) is 0 Å². The van der Waals surface area contributed by atoms with Gasteiger partial charge in [-0.2, -0.15) is 5.26 Å². The summed E-state index contributed by atoms with van der Waals surface area (Å²) in [6, 6.07) is 14.3. The van der Waals surface area contributed by atoms with Crippen molar-refractivity contribution in [2.75, 3.05) is 0 Å². The van der Waals surface area contributed by atoms with Gasteiger partial charge in [-0.25, -0.2) is 4.39 Å². The summed E-state index contributed by atoms with van der Waals surface area (Å²) in [4.78, 5) is 0. The third-order valence-electron chi connectivity index (χ3n) is 3.65. The zero-order valence-corrected chi connectivity index (χ0v) is 11.0. The minimum Gasteiger partial charge on any atom is -0.484 e. The fourth-order valence-corrected chi connectivity index (χ4v) is 2.68. The molecular weight excluding hydrogens is 253 g/mol. The van der Waals surface area contributed by atoms with Gasteiger partial charge >= 0.3 is 0 Å². The van der Waals surface area contributed by atoms with Crippen molar-refractivity contribution in [3.8, 4) is 11.8 Å². The fraction of sp³-hybridized carbons (Fsp3) is 0.235. The SMILES string of the molecule is N#Cc1cc(F)ccc1OC1CCCc2ccccc21. The average Bonchev–Trinajstić information content (AvgIpc) is 2.49. The summed E-state index contributed by atoms with van der Waals surface area (Å²) in [5.41, 5.74) is 2.71. The van der Waals surface area contributed by atoms with Crippen LogP contribution in [0.1, 0.15) is 35.6 Å². The van der Waals surface area contributed by atoms with E-state index in [1.54, 1.807) is 0 Å². The zero-order chi connectivity index (χ0) is 13.9. The summed E-state index contributed by atoms with van der Waals surface area (Å²) in [5.74, 6) is 0.0357. The maximum atomic E-state index is 13.1. The lowest BCUT2D eigenvalue weighted by molar-refractivity contribution is 0.182. The molecule has 1 aliphatic carbocycles. The highest BCUT2D eigenvalue weighted by atomic mass is 19.1. The van der Waals surface area contributed by atoms with Crippen molar-refractivity contribution in [3.63, 3.8) is 0 Å². The maximum Gasteiger partial charge on any atom is 0.138 e. The third-order valence-corrected chi connectivity index (χ3v) is 3.65. The molecule has 0 heterocycles. The number of halogens is 1. The van der Waals surface area contributed by atoms with Crippen molar-refractivity contribution >= 4 is 0 Å². The van der Waals surface area contributed by atoms with Gasteiger partial charge in [-0.05, 0) is 48.6 Å². The number of rotatable bonds is 2. The lowest BCUT2D eigenvalue weighted by Crippen LogP contribution is -2.15. The number of ether oxygens (including phenoxy) is 1. The molecule has 0 spiro atoms. The second kappa shape index (κ2) is 5.34. The zero-order valence-electron chi connectivity index (χ0n) is 11.0. The number of hydrogen-bond acceptors (Lipinski definition) is 2. The molecule has 0 amide bonds. The molecule has 2 aromatic rings. The van der Waals surface area contributed by atoms with Crippen LogP contribution in [0, 0.1) is 17.1 Å². The van der Waals surface area contributed by atoms with Crippen molar-refractivity contribution in [2.45, 2.75) is 25.4 Å². The molecule has 0 saturated carbocycles. The van der Waals surface area contributed by atoms with Gasteiger partial charge in [0.25, 0.3) is 0 Å². The Hall–Kier alpha value is -2.34. The van der Waals surface area contributed by atoms with Gasteiger partial charge in [0.2, 0.25) is 0 Å². The van der Waals surface area contributed by atoms with Crippen LogP contribution in [-0.4, -0.2) is 0 Å². The molecule has 0 N–H and O–H groups in total. The number of nitrogens with zero attached hydrogens (tertiary/aromatic N) is 1. The Bertz CT molecular complexity index is 675. The van der Waals surface area contributed by atoms with Gasteiger partial charge < -0.3 is 4.74 Å². The van der Waals surface area contributed by atoms with Gasteiger partial charge in [-0.3, -0.25) is 0 Å². The quantitative estimate of drug-likeness (QED) is 0.818. The Morgan fingerprint density at radius 1 is 1.20 bits per heavy atom. The van der Waals surface area contributed by atoms with Crippen LogP contribution >= 0.6 is 0 Å². The van der Waals surface area contributed by atoms with Crippen molar-refractivity contribution in [1.29, 1.82) is 5.26 Å². The lowest BCUT2D eigenvalue weighted by Gasteiger charge is -2.26. The highest BCUT2D eigenvalue weighted by molar-refractivity contribution is 5.44. The van der Waals surface area contributed by atoms with E-state index in [-0.39, 0.29) is 11.7 Å². The summed E-state index contributed by atoms with van der Waals surface area (Å²) < 4.78 is 19.1. The summed E-state index contributed by atoms with van der Waals surface area (Å²) in [5, 5.41) is 9.07. The Morgan fingerprint density at radius 2 is 2.05 bits per heavy atom. The number of benzene rings is 2. The van der Waals surface area contributed by atoms with Crippen LogP contribution in [0.5, 0.6) is 5.75 Å². The summed E-state index contributed by atoms with van der Waals surface area (Å²) in [6.45, 7) is 0. The number of hydrogen-bond donors (Lipinski definition) is 0. The summed E-state index contributed by atoms with van der Waals surface area (Å²) >= 11 is 0. The average molecular weight is 267 g/mol. The lowest BCUT2D eigenvalue weighted by atomic mass is 9.89. The van der Waals surface area contributed by atoms with Crippen molar-refractivity contribution in [3.05, 3.63) is 65.0 Å². The molecule has 1 atom stereocenters. The van der Waals surface area contributed by atoms with Crippen LogP contribution in [0.2, 0.25) is 0 Å². The molecule has 1 unspecified atom stereocenters.